The number of hydrogen-bond donors (Lipinski definition) is 4. The number of aliphatic hydroxyl groups excluding tert-OH is 2. The highest BCUT2D eigenvalue weighted by Gasteiger charge is 2.79. The predicted molar refractivity (Wildman–Crippen MR) is 203 cm³/mol. The Morgan fingerprint density at radius 2 is 1.55 bits per heavy atom. The first-order chi connectivity index (χ1) is 27.0. The third-order valence-electron chi connectivity index (χ3n) is 12.9. The van der Waals surface area contributed by atoms with Crippen LogP contribution >= 0.6 is 0 Å². The zero-order valence-electron chi connectivity index (χ0n) is 33.9. The number of ether oxygens (including phenoxy) is 5. The smallest absolute Gasteiger partial charge is 0.408 e. The van der Waals surface area contributed by atoms with Crippen LogP contribution in [0.2, 0.25) is 0 Å². The van der Waals surface area contributed by atoms with Gasteiger partial charge >= 0.3 is 24.0 Å². The number of esters is 3. The number of amides is 1. The molecule has 1 saturated heterocycles. The number of Topliss-reactive ketones (excluding diaryl/α,β-unsaturated/α-hetero) is 2. The zero-order valence-corrected chi connectivity index (χ0v) is 33.9. The van der Waals surface area contributed by atoms with Gasteiger partial charge in [0.05, 0.1) is 35.6 Å². The Bertz CT molecular complexity index is 1950. The van der Waals surface area contributed by atoms with Gasteiger partial charge in [-0.25, -0.2) is 14.4 Å². The van der Waals surface area contributed by atoms with E-state index in [-0.39, 0.29) is 18.6 Å². The van der Waals surface area contributed by atoms with E-state index >= 15 is 0 Å². The van der Waals surface area contributed by atoms with E-state index in [2.05, 4.69) is 5.32 Å². The normalized spacial score (nSPS) is 34.9. The molecule has 1 heterocycles. The first kappa shape index (κ1) is 42.9. The van der Waals surface area contributed by atoms with Gasteiger partial charge in [-0.1, -0.05) is 69.3 Å². The minimum absolute atomic E-state index is 0.0747. The van der Waals surface area contributed by atoms with Crippen molar-refractivity contribution in [3.63, 3.8) is 0 Å². The summed E-state index contributed by atoms with van der Waals surface area (Å²) in [6, 6.07) is 14.6. The van der Waals surface area contributed by atoms with Crippen LogP contribution in [-0.2, 0) is 42.9 Å². The molecule has 4 aliphatic rings. The maximum absolute atomic E-state index is 14.9. The Morgan fingerprint density at radius 1 is 0.948 bits per heavy atom. The SMILES string of the molecule is CC(=O)OC12COC1CC(O)C1(C)C(=O)C(=O)C3C(C)[C@H](OC(=O)C(O)C(NC(=O)OC(C)(C)C)c4ccccc4)CC(O)([C@H](OC(=O)c4ccccc4)C21)C3(C)C. The number of benzene rings is 2. The van der Waals surface area contributed by atoms with Crippen molar-refractivity contribution in [2.75, 3.05) is 6.61 Å². The Balaban J connectivity index is 1.46. The summed E-state index contributed by atoms with van der Waals surface area (Å²) < 4.78 is 29.5. The molecule has 0 spiro atoms. The molecule has 6 rings (SSSR count). The standard InChI is InChI=1S/C43H53NO14/c1-22-26(55-37(51)32(48)30(24-15-11-9-12-16-24)44-38(52)58-39(3,4)5)20-43(53)35(56-36(50)25-17-13-10-14-18-25)33-41(8,34(49)31(47)29(22)40(43,6)7)27(46)19-28-42(33,21-54-28)57-23(2)45/h9-18,22,26-30,32-33,35,46,48,53H,19-21H2,1-8H3,(H,44,52)/t22?,26-,27?,28?,29?,30?,32?,33?,35-,41?,42?,43?/m1/s1. The van der Waals surface area contributed by atoms with Crippen LogP contribution in [0.25, 0.3) is 0 Å². The highest BCUT2D eigenvalue weighted by molar-refractivity contribution is 6.40. The maximum atomic E-state index is 14.9. The first-order valence-electron chi connectivity index (χ1n) is 19.5. The Hall–Kier alpha value is -4.70. The summed E-state index contributed by atoms with van der Waals surface area (Å²) in [5.41, 5.74) is -8.31. The second-order valence-corrected chi connectivity index (χ2v) is 17.9. The van der Waals surface area contributed by atoms with Gasteiger partial charge in [0, 0.05) is 37.0 Å². The molecule has 1 aliphatic heterocycles. The van der Waals surface area contributed by atoms with Crippen LogP contribution in [0.3, 0.4) is 0 Å². The fraction of sp³-hybridized carbons (Fsp3) is 0.581. The van der Waals surface area contributed by atoms with E-state index in [0.717, 1.165) is 6.92 Å². The summed E-state index contributed by atoms with van der Waals surface area (Å²) >= 11 is 0. The Labute approximate surface area is 336 Å². The highest BCUT2D eigenvalue weighted by Crippen LogP contribution is 2.64. The van der Waals surface area contributed by atoms with Crippen molar-refractivity contribution in [2.24, 2.45) is 28.6 Å². The second-order valence-electron chi connectivity index (χ2n) is 17.9. The van der Waals surface area contributed by atoms with Crippen LogP contribution in [0.5, 0.6) is 0 Å². The van der Waals surface area contributed by atoms with E-state index in [1.807, 2.05) is 0 Å². The van der Waals surface area contributed by atoms with Crippen molar-refractivity contribution >= 4 is 35.6 Å². The minimum Gasteiger partial charge on any atom is -0.460 e. The number of alkyl carbamates (subject to hydrolysis) is 1. The molecule has 2 aromatic rings. The molecule has 3 saturated carbocycles. The molecule has 2 aromatic carbocycles. The van der Waals surface area contributed by atoms with Gasteiger partial charge in [-0.2, -0.15) is 0 Å². The lowest BCUT2D eigenvalue weighted by Gasteiger charge is -2.67. The van der Waals surface area contributed by atoms with Crippen molar-refractivity contribution in [3.8, 4) is 0 Å². The number of carbonyl (C=O) groups is 6. The van der Waals surface area contributed by atoms with E-state index in [1.54, 1.807) is 90.1 Å². The van der Waals surface area contributed by atoms with Crippen molar-refractivity contribution < 1.29 is 67.8 Å². The lowest BCUT2D eigenvalue weighted by molar-refractivity contribution is -0.350. The van der Waals surface area contributed by atoms with Gasteiger partial charge in [-0.3, -0.25) is 14.4 Å². The maximum Gasteiger partial charge on any atom is 0.408 e. The summed E-state index contributed by atoms with van der Waals surface area (Å²) in [5, 5.41) is 39.3. The fourth-order valence-electron chi connectivity index (χ4n) is 9.87. The second kappa shape index (κ2) is 15.2. The summed E-state index contributed by atoms with van der Waals surface area (Å²) in [4.78, 5) is 83.6. The molecular weight excluding hydrogens is 754 g/mol. The molecule has 314 valence electrons. The van der Waals surface area contributed by atoms with E-state index in [9.17, 15) is 44.1 Å². The zero-order chi connectivity index (χ0) is 42.7. The van der Waals surface area contributed by atoms with Crippen LogP contribution in [-0.4, -0.2) is 105 Å². The molecule has 2 bridgehead atoms. The minimum atomic E-state index is -2.36. The quantitative estimate of drug-likeness (QED) is 0.171. The van der Waals surface area contributed by atoms with E-state index < -0.39 is 124 Å². The summed E-state index contributed by atoms with van der Waals surface area (Å²) in [6.45, 7) is 11.8. The number of fused-ring (bicyclic) bond motifs is 5. The van der Waals surface area contributed by atoms with Gasteiger partial charge in [0.2, 0.25) is 11.6 Å². The van der Waals surface area contributed by atoms with Gasteiger partial charge in [0.25, 0.3) is 0 Å². The summed E-state index contributed by atoms with van der Waals surface area (Å²) in [5.74, 6) is -8.93. The molecule has 15 heteroatoms. The third-order valence-corrected chi connectivity index (χ3v) is 12.9. The fourth-order valence-corrected chi connectivity index (χ4v) is 9.87. The number of nitrogens with one attached hydrogen (secondary N) is 1. The predicted octanol–water partition coefficient (Wildman–Crippen LogP) is 3.40. The van der Waals surface area contributed by atoms with Crippen molar-refractivity contribution in [1.29, 1.82) is 0 Å². The topological polar surface area (TPSA) is 221 Å². The summed E-state index contributed by atoms with van der Waals surface area (Å²) in [7, 11) is 0. The van der Waals surface area contributed by atoms with Gasteiger partial charge < -0.3 is 44.3 Å². The summed E-state index contributed by atoms with van der Waals surface area (Å²) in [6.07, 6.45) is -9.48. The molecule has 10 unspecified atom stereocenters. The molecule has 0 aromatic heterocycles. The van der Waals surface area contributed by atoms with Gasteiger partial charge in [-0.15, -0.1) is 0 Å². The molecule has 15 nitrogen and oxygen atoms in total. The average Bonchev–Trinajstić information content (AvgIpc) is 3.14. The van der Waals surface area contributed by atoms with Crippen LogP contribution in [0, 0.1) is 28.6 Å². The number of aliphatic hydroxyl groups is 3. The van der Waals surface area contributed by atoms with Crippen molar-refractivity contribution in [3.05, 3.63) is 71.8 Å². The van der Waals surface area contributed by atoms with Gasteiger partial charge in [-0.05, 0) is 45.4 Å². The highest BCUT2D eigenvalue weighted by atomic mass is 16.6. The average molecular weight is 808 g/mol. The largest absolute Gasteiger partial charge is 0.460 e. The van der Waals surface area contributed by atoms with Crippen molar-refractivity contribution in [2.45, 2.75) is 122 Å². The molecule has 0 radical (unpaired) electrons. The van der Waals surface area contributed by atoms with E-state index in [1.165, 1.54) is 19.1 Å². The van der Waals surface area contributed by atoms with Gasteiger partial charge in [0.15, 0.2) is 11.7 Å². The Kier molecular flexibility index (Phi) is 11.2. The van der Waals surface area contributed by atoms with Gasteiger partial charge in [0.1, 0.15) is 29.5 Å². The van der Waals surface area contributed by atoms with Crippen LogP contribution in [0.1, 0.15) is 90.2 Å². The van der Waals surface area contributed by atoms with Crippen LogP contribution < -0.4 is 5.32 Å². The van der Waals surface area contributed by atoms with E-state index in [4.69, 9.17) is 23.7 Å². The molecule has 58 heavy (non-hydrogen) atoms. The Morgan fingerprint density at radius 3 is 2.10 bits per heavy atom. The van der Waals surface area contributed by atoms with Crippen LogP contribution in [0.4, 0.5) is 4.79 Å². The number of ketones is 2. The monoisotopic (exact) mass is 807 g/mol. The third kappa shape index (κ3) is 7.09. The lowest BCUT2D eigenvalue weighted by Crippen LogP contribution is -2.82. The first-order valence-corrected chi connectivity index (χ1v) is 19.5. The van der Waals surface area contributed by atoms with Crippen LogP contribution in [0.15, 0.2) is 60.7 Å². The number of carbonyl (C=O) groups excluding carboxylic acids is 6. The number of hydrogen-bond acceptors (Lipinski definition) is 14. The molecule has 4 fully saturated rings. The molecule has 3 aliphatic carbocycles. The molecule has 12 atom stereocenters. The molecule has 4 N–H and O–H groups in total. The molecule has 1 amide bonds. The lowest BCUT2D eigenvalue weighted by atomic mass is 9.42. The number of rotatable bonds is 8. The van der Waals surface area contributed by atoms with E-state index in [0.29, 0.717) is 5.56 Å². The molecular formula is C43H53NO14. The van der Waals surface area contributed by atoms with Crippen molar-refractivity contribution in [1.82, 2.24) is 5.32 Å².